The molecule has 2 aliphatic heterocycles. The quantitative estimate of drug-likeness (QED) is 0.846. The van der Waals surface area contributed by atoms with E-state index in [1.165, 1.54) is 24.8 Å². The molecule has 0 spiro atoms. The van der Waals surface area contributed by atoms with Crippen LogP contribution in [0, 0.1) is 6.92 Å². The lowest BCUT2D eigenvalue weighted by Gasteiger charge is -2.36. The van der Waals surface area contributed by atoms with Gasteiger partial charge in [-0.3, -0.25) is 4.90 Å². The molecule has 2 aromatic rings. The Balaban J connectivity index is 1.40. The fourth-order valence-electron chi connectivity index (χ4n) is 3.91. The van der Waals surface area contributed by atoms with E-state index in [-0.39, 0.29) is 0 Å². The molecular formula is C21H29N5. The Kier molecular flexibility index (Phi) is 5.34. The van der Waals surface area contributed by atoms with Crippen molar-refractivity contribution in [3.05, 3.63) is 47.7 Å². The van der Waals surface area contributed by atoms with Crippen molar-refractivity contribution in [1.82, 2.24) is 14.9 Å². The lowest BCUT2D eigenvalue weighted by atomic mass is 10.1. The third kappa shape index (κ3) is 4.15. The van der Waals surface area contributed by atoms with Crippen LogP contribution < -0.4 is 9.80 Å². The molecule has 0 saturated carbocycles. The van der Waals surface area contributed by atoms with E-state index in [0.29, 0.717) is 0 Å². The lowest BCUT2D eigenvalue weighted by molar-refractivity contribution is 0.249. The van der Waals surface area contributed by atoms with Crippen molar-refractivity contribution in [3.63, 3.8) is 0 Å². The van der Waals surface area contributed by atoms with Crippen LogP contribution in [0.4, 0.5) is 11.8 Å². The Morgan fingerprint density at radius 2 is 1.54 bits per heavy atom. The van der Waals surface area contributed by atoms with Gasteiger partial charge in [-0.05, 0) is 31.7 Å². The predicted octanol–water partition coefficient (Wildman–Crippen LogP) is 3.10. The molecule has 0 atom stereocenters. The van der Waals surface area contributed by atoms with Crippen molar-refractivity contribution in [2.75, 3.05) is 49.1 Å². The molecule has 138 valence electrons. The van der Waals surface area contributed by atoms with Gasteiger partial charge in [0.2, 0.25) is 5.95 Å². The van der Waals surface area contributed by atoms with E-state index in [2.05, 4.69) is 58.0 Å². The fraction of sp³-hybridized carbons (Fsp3) is 0.524. The van der Waals surface area contributed by atoms with Gasteiger partial charge in [0.1, 0.15) is 5.82 Å². The summed E-state index contributed by atoms with van der Waals surface area (Å²) in [5.74, 6) is 2.02. The van der Waals surface area contributed by atoms with E-state index in [9.17, 15) is 0 Å². The van der Waals surface area contributed by atoms with Crippen LogP contribution in [0.25, 0.3) is 0 Å². The first-order chi connectivity index (χ1) is 12.8. The van der Waals surface area contributed by atoms with E-state index in [0.717, 1.165) is 63.3 Å². The van der Waals surface area contributed by atoms with Crippen LogP contribution in [0.5, 0.6) is 0 Å². The average Bonchev–Trinajstić information content (AvgIpc) is 2.70. The summed E-state index contributed by atoms with van der Waals surface area (Å²) in [6.45, 7) is 9.53. The van der Waals surface area contributed by atoms with Gasteiger partial charge in [-0.2, -0.15) is 4.98 Å². The summed E-state index contributed by atoms with van der Waals surface area (Å²) in [5.41, 5.74) is 2.47. The Bertz CT molecular complexity index is 704. The second-order valence-corrected chi connectivity index (χ2v) is 7.46. The molecule has 0 amide bonds. The Morgan fingerprint density at radius 3 is 2.27 bits per heavy atom. The van der Waals surface area contributed by atoms with Gasteiger partial charge < -0.3 is 9.80 Å². The lowest BCUT2D eigenvalue weighted by Crippen LogP contribution is -2.46. The van der Waals surface area contributed by atoms with Gasteiger partial charge in [-0.15, -0.1) is 0 Å². The van der Waals surface area contributed by atoms with Crippen LogP contribution >= 0.6 is 0 Å². The molecule has 4 rings (SSSR count). The maximum Gasteiger partial charge on any atom is 0.227 e. The van der Waals surface area contributed by atoms with Gasteiger partial charge in [0, 0.05) is 57.6 Å². The highest BCUT2D eigenvalue weighted by Crippen LogP contribution is 2.22. The smallest absolute Gasteiger partial charge is 0.227 e. The third-order valence-corrected chi connectivity index (χ3v) is 5.41. The van der Waals surface area contributed by atoms with Gasteiger partial charge in [0.25, 0.3) is 0 Å². The number of aryl methyl sites for hydroxylation is 1. The number of rotatable bonds is 4. The zero-order valence-electron chi connectivity index (χ0n) is 15.8. The predicted molar refractivity (Wildman–Crippen MR) is 107 cm³/mol. The Morgan fingerprint density at radius 1 is 0.808 bits per heavy atom. The first-order valence-electron chi connectivity index (χ1n) is 9.90. The molecule has 0 aliphatic carbocycles. The number of piperazine rings is 1. The first-order valence-corrected chi connectivity index (χ1v) is 9.90. The molecule has 2 saturated heterocycles. The zero-order chi connectivity index (χ0) is 17.8. The number of benzene rings is 1. The molecular weight excluding hydrogens is 322 g/mol. The van der Waals surface area contributed by atoms with Crippen LogP contribution in [0.2, 0.25) is 0 Å². The minimum Gasteiger partial charge on any atom is -0.354 e. The number of anilines is 2. The highest BCUT2D eigenvalue weighted by Gasteiger charge is 2.21. The molecule has 1 aromatic carbocycles. The van der Waals surface area contributed by atoms with E-state index >= 15 is 0 Å². The first kappa shape index (κ1) is 17.3. The summed E-state index contributed by atoms with van der Waals surface area (Å²) >= 11 is 0. The summed E-state index contributed by atoms with van der Waals surface area (Å²) in [6, 6.07) is 12.9. The number of aromatic nitrogens is 2. The van der Waals surface area contributed by atoms with Gasteiger partial charge in [0.15, 0.2) is 0 Å². The second-order valence-electron chi connectivity index (χ2n) is 7.46. The number of hydrogen-bond donors (Lipinski definition) is 0. The van der Waals surface area contributed by atoms with Crippen LogP contribution in [0.15, 0.2) is 36.4 Å². The summed E-state index contributed by atoms with van der Waals surface area (Å²) in [6.07, 6.45) is 3.84. The molecule has 0 unspecified atom stereocenters. The van der Waals surface area contributed by atoms with Crippen molar-refractivity contribution < 1.29 is 0 Å². The maximum absolute atomic E-state index is 4.91. The highest BCUT2D eigenvalue weighted by molar-refractivity contribution is 5.46. The summed E-state index contributed by atoms with van der Waals surface area (Å²) in [4.78, 5) is 16.9. The van der Waals surface area contributed by atoms with Crippen molar-refractivity contribution in [2.45, 2.75) is 32.7 Å². The minimum absolute atomic E-state index is 0.923. The summed E-state index contributed by atoms with van der Waals surface area (Å²) in [5, 5.41) is 0. The highest BCUT2D eigenvalue weighted by atomic mass is 15.3. The molecule has 26 heavy (non-hydrogen) atoms. The molecule has 2 fully saturated rings. The number of nitrogens with zero attached hydrogens (tertiary/aromatic N) is 5. The van der Waals surface area contributed by atoms with Crippen molar-refractivity contribution in [2.24, 2.45) is 0 Å². The van der Waals surface area contributed by atoms with E-state index in [4.69, 9.17) is 9.97 Å². The Hall–Kier alpha value is -2.14. The molecule has 5 heteroatoms. The SMILES string of the molecule is Cc1cc(N2CCN(Cc3ccccc3)CC2)nc(N2CCCCC2)n1. The molecule has 5 nitrogen and oxygen atoms in total. The fourth-order valence-corrected chi connectivity index (χ4v) is 3.91. The van der Waals surface area contributed by atoms with Crippen LogP contribution in [0.1, 0.15) is 30.5 Å². The second kappa shape index (κ2) is 8.04. The van der Waals surface area contributed by atoms with Gasteiger partial charge in [0.05, 0.1) is 0 Å². The van der Waals surface area contributed by atoms with Gasteiger partial charge >= 0.3 is 0 Å². The third-order valence-electron chi connectivity index (χ3n) is 5.41. The van der Waals surface area contributed by atoms with Crippen molar-refractivity contribution >= 4 is 11.8 Å². The number of hydrogen-bond acceptors (Lipinski definition) is 5. The van der Waals surface area contributed by atoms with E-state index in [1.54, 1.807) is 0 Å². The van der Waals surface area contributed by atoms with E-state index in [1.807, 2.05) is 0 Å². The monoisotopic (exact) mass is 351 g/mol. The van der Waals surface area contributed by atoms with E-state index < -0.39 is 0 Å². The van der Waals surface area contributed by atoms with Crippen LogP contribution in [-0.4, -0.2) is 54.1 Å². The maximum atomic E-state index is 4.91. The molecule has 1 aromatic heterocycles. The molecule has 0 bridgehead atoms. The molecule has 0 N–H and O–H groups in total. The standard InChI is InChI=1S/C21H29N5/c1-18-16-20(23-21(22-18)26-10-6-3-7-11-26)25-14-12-24(13-15-25)17-19-8-4-2-5-9-19/h2,4-5,8-9,16H,3,6-7,10-15,17H2,1H3. The van der Waals surface area contributed by atoms with Crippen LogP contribution in [0.3, 0.4) is 0 Å². The Labute approximate surface area is 156 Å². The summed E-state index contributed by atoms with van der Waals surface area (Å²) in [7, 11) is 0. The van der Waals surface area contributed by atoms with Crippen molar-refractivity contribution in [3.8, 4) is 0 Å². The van der Waals surface area contributed by atoms with Gasteiger partial charge in [-0.1, -0.05) is 30.3 Å². The average molecular weight is 351 g/mol. The molecule has 3 heterocycles. The zero-order valence-corrected chi connectivity index (χ0v) is 15.8. The summed E-state index contributed by atoms with van der Waals surface area (Å²) < 4.78 is 0. The van der Waals surface area contributed by atoms with Crippen molar-refractivity contribution in [1.29, 1.82) is 0 Å². The number of piperidine rings is 1. The molecule has 0 radical (unpaired) electrons. The largest absolute Gasteiger partial charge is 0.354 e. The minimum atomic E-state index is 0.923. The van der Waals surface area contributed by atoms with Crippen LogP contribution in [-0.2, 0) is 6.54 Å². The normalized spacial score (nSPS) is 19.0. The molecule has 2 aliphatic rings. The topological polar surface area (TPSA) is 35.5 Å². The van der Waals surface area contributed by atoms with Gasteiger partial charge in [-0.25, -0.2) is 4.98 Å².